The molecule has 7 heteroatoms. The molecule has 0 aliphatic carbocycles. The quantitative estimate of drug-likeness (QED) is 0.798. The van der Waals surface area contributed by atoms with E-state index in [0.717, 1.165) is 0 Å². The van der Waals surface area contributed by atoms with Crippen LogP contribution in [-0.2, 0) is 14.3 Å². The van der Waals surface area contributed by atoms with Gasteiger partial charge in [0.15, 0.2) is 0 Å². The Kier molecular flexibility index (Phi) is 5.45. The molecule has 0 radical (unpaired) electrons. The Balaban J connectivity index is 3.09. The molecule has 0 saturated heterocycles. The number of carbonyl (C=O) groups excluding carboxylic acids is 3. The third-order valence-corrected chi connectivity index (χ3v) is 2.87. The van der Waals surface area contributed by atoms with Crippen molar-refractivity contribution in [3.63, 3.8) is 0 Å². The van der Waals surface area contributed by atoms with Crippen molar-refractivity contribution in [1.82, 2.24) is 15.1 Å². The molecule has 1 aliphatic rings. The number of amides is 3. The minimum atomic E-state index is -0.666. The van der Waals surface area contributed by atoms with Gasteiger partial charge >= 0.3 is 6.09 Å². The average Bonchev–Trinajstić information content (AvgIpc) is 2.33. The Morgan fingerprint density at radius 3 is 2.09 bits per heavy atom. The molecule has 0 spiro atoms. The molecule has 0 aromatic heterocycles. The maximum atomic E-state index is 12.5. The van der Waals surface area contributed by atoms with Crippen LogP contribution in [0.15, 0.2) is 11.9 Å². The van der Waals surface area contributed by atoms with E-state index < -0.39 is 23.1 Å². The van der Waals surface area contributed by atoms with Crippen LogP contribution in [0.4, 0.5) is 4.79 Å². The lowest BCUT2D eigenvalue weighted by Gasteiger charge is -2.35. The number of rotatable bonds is 1. The van der Waals surface area contributed by atoms with E-state index in [1.165, 1.54) is 22.9 Å². The number of nitrogens with zero attached hydrogens (tertiary/aromatic N) is 2. The number of nitrogens with one attached hydrogen (secondary N) is 1. The van der Waals surface area contributed by atoms with Crippen LogP contribution in [-0.4, -0.2) is 51.9 Å². The molecule has 0 fully saturated rings. The van der Waals surface area contributed by atoms with Gasteiger partial charge in [-0.1, -0.05) is 0 Å². The molecule has 1 N–H and O–H groups in total. The monoisotopic (exact) mass is 325 g/mol. The van der Waals surface area contributed by atoms with Gasteiger partial charge in [0, 0.05) is 31.8 Å². The highest BCUT2D eigenvalue weighted by atomic mass is 16.6. The minimum absolute atomic E-state index is 0.107. The van der Waals surface area contributed by atoms with E-state index >= 15 is 0 Å². The van der Waals surface area contributed by atoms with Crippen molar-refractivity contribution in [2.45, 2.75) is 59.6 Å². The summed E-state index contributed by atoms with van der Waals surface area (Å²) in [6.07, 6.45) is 0.799. The minimum Gasteiger partial charge on any atom is -0.443 e. The van der Waals surface area contributed by atoms with Crippen molar-refractivity contribution in [1.29, 1.82) is 0 Å². The average molecular weight is 325 g/mol. The Bertz CT molecular complexity index is 526. The molecule has 1 heterocycles. The van der Waals surface area contributed by atoms with Gasteiger partial charge in [-0.25, -0.2) is 4.79 Å². The Labute approximate surface area is 137 Å². The maximum absolute atomic E-state index is 12.5. The standard InChI is InChI=1S/C16H27N3O4/c1-11(20)18-8-9-19(14(22)23-16(5,6)7)12(10-18)13(21)17-15(2,3)4/h10H,8-9H2,1-7H3,(H,17,21). The van der Waals surface area contributed by atoms with Gasteiger partial charge in [-0.3, -0.25) is 14.5 Å². The zero-order valence-electron chi connectivity index (χ0n) is 15.0. The van der Waals surface area contributed by atoms with Gasteiger partial charge in [0.1, 0.15) is 11.3 Å². The predicted octanol–water partition coefficient (Wildman–Crippen LogP) is 1.84. The molecule has 0 atom stereocenters. The fourth-order valence-corrected chi connectivity index (χ4v) is 1.95. The molecule has 0 saturated carbocycles. The van der Waals surface area contributed by atoms with E-state index in [-0.39, 0.29) is 18.1 Å². The largest absolute Gasteiger partial charge is 0.443 e. The van der Waals surface area contributed by atoms with Crippen molar-refractivity contribution < 1.29 is 19.1 Å². The highest BCUT2D eigenvalue weighted by Crippen LogP contribution is 2.19. The highest BCUT2D eigenvalue weighted by molar-refractivity contribution is 5.97. The Morgan fingerprint density at radius 1 is 1.09 bits per heavy atom. The number of hydrogen-bond acceptors (Lipinski definition) is 4. The summed E-state index contributed by atoms with van der Waals surface area (Å²) in [5.41, 5.74) is -1.02. The van der Waals surface area contributed by atoms with Crippen LogP contribution in [0.1, 0.15) is 48.5 Å². The van der Waals surface area contributed by atoms with Crippen LogP contribution in [0.25, 0.3) is 0 Å². The van der Waals surface area contributed by atoms with E-state index in [1.54, 1.807) is 20.8 Å². The third kappa shape index (κ3) is 5.92. The molecule has 0 aromatic carbocycles. The summed E-state index contributed by atoms with van der Waals surface area (Å²) in [4.78, 5) is 39.1. The summed E-state index contributed by atoms with van der Waals surface area (Å²) in [7, 11) is 0. The van der Waals surface area contributed by atoms with Crippen LogP contribution < -0.4 is 5.32 Å². The van der Waals surface area contributed by atoms with Crippen LogP contribution in [0.5, 0.6) is 0 Å². The lowest BCUT2D eigenvalue weighted by atomic mass is 10.1. The summed E-state index contributed by atoms with van der Waals surface area (Å²) in [6, 6.07) is 0. The molecule has 0 unspecified atom stereocenters. The van der Waals surface area contributed by atoms with Gasteiger partial charge in [0.05, 0.1) is 0 Å². The molecule has 0 bridgehead atoms. The van der Waals surface area contributed by atoms with Crippen molar-refractivity contribution in [2.75, 3.05) is 13.1 Å². The first-order valence-electron chi connectivity index (χ1n) is 7.62. The van der Waals surface area contributed by atoms with Gasteiger partial charge in [-0.15, -0.1) is 0 Å². The molecule has 1 rings (SSSR count). The second-order valence-corrected chi connectivity index (χ2v) is 7.56. The smallest absolute Gasteiger partial charge is 0.415 e. The fourth-order valence-electron chi connectivity index (χ4n) is 1.95. The Morgan fingerprint density at radius 2 is 1.65 bits per heavy atom. The zero-order chi connectivity index (χ0) is 18.0. The molecule has 23 heavy (non-hydrogen) atoms. The van der Waals surface area contributed by atoms with Crippen LogP contribution in [0.2, 0.25) is 0 Å². The van der Waals surface area contributed by atoms with Gasteiger partial charge in [0.25, 0.3) is 5.91 Å². The van der Waals surface area contributed by atoms with Crippen molar-refractivity contribution in [3.05, 3.63) is 11.9 Å². The summed E-state index contributed by atoms with van der Waals surface area (Å²) in [5, 5.41) is 2.80. The molecule has 3 amide bonds. The third-order valence-electron chi connectivity index (χ3n) is 2.87. The fraction of sp³-hybridized carbons (Fsp3) is 0.688. The first-order valence-corrected chi connectivity index (χ1v) is 7.62. The molecular formula is C16H27N3O4. The second kappa shape index (κ2) is 6.60. The van der Waals surface area contributed by atoms with Gasteiger partial charge in [-0.05, 0) is 41.5 Å². The zero-order valence-corrected chi connectivity index (χ0v) is 15.0. The predicted molar refractivity (Wildman–Crippen MR) is 86.3 cm³/mol. The molecular weight excluding hydrogens is 298 g/mol. The SMILES string of the molecule is CC(=O)N1C=C(C(=O)NC(C)(C)C)N(C(=O)OC(C)(C)C)CC1. The summed E-state index contributed by atoms with van der Waals surface area (Å²) in [5.74, 6) is -0.607. The number of hydrogen-bond donors (Lipinski definition) is 1. The van der Waals surface area contributed by atoms with Crippen molar-refractivity contribution in [3.8, 4) is 0 Å². The highest BCUT2D eigenvalue weighted by Gasteiger charge is 2.33. The second-order valence-electron chi connectivity index (χ2n) is 7.56. The van der Waals surface area contributed by atoms with E-state index in [2.05, 4.69) is 5.32 Å². The van der Waals surface area contributed by atoms with E-state index in [0.29, 0.717) is 6.54 Å². The van der Waals surface area contributed by atoms with Crippen LogP contribution in [0.3, 0.4) is 0 Å². The van der Waals surface area contributed by atoms with Crippen molar-refractivity contribution in [2.24, 2.45) is 0 Å². The van der Waals surface area contributed by atoms with Gasteiger partial charge in [-0.2, -0.15) is 0 Å². The lowest BCUT2D eigenvalue weighted by Crippen LogP contribution is -2.51. The van der Waals surface area contributed by atoms with Crippen LogP contribution in [0, 0.1) is 0 Å². The van der Waals surface area contributed by atoms with Gasteiger partial charge in [0.2, 0.25) is 5.91 Å². The first kappa shape index (κ1) is 19.0. The van der Waals surface area contributed by atoms with E-state index in [4.69, 9.17) is 4.74 Å². The molecule has 130 valence electrons. The maximum Gasteiger partial charge on any atom is 0.415 e. The van der Waals surface area contributed by atoms with Gasteiger partial charge < -0.3 is 15.0 Å². The van der Waals surface area contributed by atoms with Crippen molar-refractivity contribution >= 4 is 17.9 Å². The number of carbonyl (C=O) groups is 3. The number of ether oxygens (including phenoxy) is 1. The topological polar surface area (TPSA) is 79.0 Å². The normalized spacial score (nSPS) is 15.9. The first-order chi connectivity index (χ1) is 10.3. The summed E-state index contributed by atoms with van der Waals surface area (Å²) < 4.78 is 5.35. The Hall–Kier alpha value is -2.05. The molecule has 7 nitrogen and oxygen atoms in total. The lowest BCUT2D eigenvalue weighted by molar-refractivity contribution is -0.127. The van der Waals surface area contributed by atoms with E-state index in [1.807, 2.05) is 20.8 Å². The van der Waals surface area contributed by atoms with Crippen LogP contribution >= 0.6 is 0 Å². The molecule has 1 aliphatic heterocycles. The molecule has 0 aromatic rings. The van der Waals surface area contributed by atoms with E-state index in [9.17, 15) is 14.4 Å². The summed E-state index contributed by atoms with van der Waals surface area (Å²) in [6.45, 7) is 12.7. The summed E-state index contributed by atoms with van der Waals surface area (Å²) >= 11 is 0.